The first-order valence-electron chi connectivity index (χ1n) is 9.69. The molecule has 1 aliphatic heterocycles. The van der Waals surface area contributed by atoms with E-state index in [-0.39, 0.29) is 6.79 Å². The van der Waals surface area contributed by atoms with Gasteiger partial charge in [0.2, 0.25) is 6.79 Å². The van der Waals surface area contributed by atoms with Crippen LogP contribution in [0.4, 0.5) is 5.69 Å². The summed E-state index contributed by atoms with van der Waals surface area (Å²) in [7, 11) is 0. The first-order valence-corrected chi connectivity index (χ1v) is 11.2. The second kappa shape index (κ2) is 9.90. The molecule has 0 unspecified atom stereocenters. The van der Waals surface area contributed by atoms with Crippen molar-refractivity contribution in [1.82, 2.24) is 0 Å². The molecule has 4 rings (SSSR count). The first kappa shape index (κ1) is 21.9. The predicted octanol–water partition coefficient (Wildman–Crippen LogP) is 7.07. The average Bonchev–Trinajstić information content (AvgIpc) is 3.21. The molecule has 3 aromatic rings. The summed E-state index contributed by atoms with van der Waals surface area (Å²) >= 11 is 15.9. The zero-order valence-electron chi connectivity index (χ0n) is 16.7. The lowest BCUT2D eigenvalue weighted by atomic mass is 10.2. The maximum atomic E-state index is 6.26. The van der Waals surface area contributed by atoms with E-state index in [0.29, 0.717) is 41.3 Å². The molecule has 0 fully saturated rings. The van der Waals surface area contributed by atoms with Crippen LogP contribution in [0.3, 0.4) is 0 Å². The minimum atomic E-state index is 0.256. The molecule has 0 saturated carbocycles. The number of hydrogen-bond donors (Lipinski definition) is 1. The summed E-state index contributed by atoms with van der Waals surface area (Å²) in [6.07, 6.45) is 0. The third-order valence-corrected chi connectivity index (χ3v) is 5.80. The molecule has 0 aromatic heterocycles. The Labute approximate surface area is 199 Å². The van der Waals surface area contributed by atoms with Gasteiger partial charge in [0.25, 0.3) is 0 Å². The molecule has 1 aliphatic rings. The van der Waals surface area contributed by atoms with Gasteiger partial charge < -0.3 is 24.3 Å². The Balaban J connectivity index is 1.48. The Bertz CT molecular complexity index is 1090. The van der Waals surface area contributed by atoms with E-state index in [2.05, 4.69) is 21.2 Å². The van der Waals surface area contributed by atoms with Gasteiger partial charge in [0.05, 0.1) is 11.1 Å². The standard InChI is InChI=1S/C23H20BrCl2NO4/c1-2-28-22-8-14(11-27-17-5-6-20-21(10-17)31-13-30-20)7-18(24)23(22)29-12-15-3-4-16(25)9-19(15)26/h3-10,27H,2,11-13H2,1H3. The molecule has 0 saturated heterocycles. The van der Waals surface area contributed by atoms with Crippen molar-refractivity contribution in [2.24, 2.45) is 0 Å². The summed E-state index contributed by atoms with van der Waals surface area (Å²) in [6.45, 7) is 3.60. The van der Waals surface area contributed by atoms with E-state index in [9.17, 15) is 0 Å². The van der Waals surface area contributed by atoms with E-state index >= 15 is 0 Å². The summed E-state index contributed by atoms with van der Waals surface area (Å²) in [5, 5.41) is 4.54. The molecule has 0 aliphatic carbocycles. The van der Waals surface area contributed by atoms with E-state index in [1.165, 1.54) is 0 Å². The third-order valence-electron chi connectivity index (χ3n) is 4.63. The molecule has 1 heterocycles. The Hall–Kier alpha value is -2.28. The summed E-state index contributed by atoms with van der Waals surface area (Å²) in [5.41, 5.74) is 2.81. The van der Waals surface area contributed by atoms with Crippen LogP contribution in [0, 0.1) is 0 Å². The zero-order valence-corrected chi connectivity index (χ0v) is 19.8. The summed E-state index contributed by atoms with van der Waals surface area (Å²) in [6, 6.07) is 15.1. The fourth-order valence-electron chi connectivity index (χ4n) is 3.13. The molecule has 0 bridgehead atoms. The molecule has 5 nitrogen and oxygen atoms in total. The summed E-state index contributed by atoms with van der Waals surface area (Å²) in [5.74, 6) is 2.78. The molecule has 1 N–H and O–H groups in total. The molecular formula is C23H20BrCl2NO4. The topological polar surface area (TPSA) is 49.0 Å². The second-order valence-electron chi connectivity index (χ2n) is 6.78. The van der Waals surface area contributed by atoms with Crippen molar-refractivity contribution in [2.45, 2.75) is 20.1 Å². The number of fused-ring (bicyclic) bond motifs is 1. The highest BCUT2D eigenvalue weighted by Crippen LogP contribution is 2.39. The zero-order chi connectivity index (χ0) is 21.8. The SMILES string of the molecule is CCOc1cc(CNc2ccc3c(c2)OCO3)cc(Br)c1OCc1ccc(Cl)cc1Cl. The van der Waals surface area contributed by atoms with Crippen LogP contribution in [0.2, 0.25) is 10.0 Å². The second-order valence-corrected chi connectivity index (χ2v) is 8.48. The fraction of sp³-hybridized carbons (Fsp3) is 0.217. The highest BCUT2D eigenvalue weighted by Gasteiger charge is 2.15. The highest BCUT2D eigenvalue weighted by atomic mass is 79.9. The van der Waals surface area contributed by atoms with Crippen molar-refractivity contribution in [3.8, 4) is 23.0 Å². The predicted molar refractivity (Wildman–Crippen MR) is 126 cm³/mol. The molecule has 31 heavy (non-hydrogen) atoms. The van der Waals surface area contributed by atoms with Gasteiger partial charge in [0.15, 0.2) is 23.0 Å². The summed E-state index contributed by atoms with van der Waals surface area (Å²) in [4.78, 5) is 0. The number of anilines is 1. The number of ether oxygens (including phenoxy) is 4. The van der Waals surface area contributed by atoms with Gasteiger partial charge in [0.1, 0.15) is 6.61 Å². The molecule has 0 spiro atoms. The van der Waals surface area contributed by atoms with Crippen LogP contribution >= 0.6 is 39.1 Å². The minimum Gasteiger partial charge on any atom is -0.490 e. The van der Waals surface area contributed by atoms with Gasteiger partial charge in [-0.15, -0.1) is 0 Å². The molecular weight excluding hydrogens is 505 g/mol. The monoisotopic (exact) mass is 523 g/mol. The third kappa shape index (κ3) is 5.32. The van der Waals surface area contributed by atoms with Crippen LogP contribution in [0.1, 0.15) is 18.1 Å². The molecule has 162 valence electrons. The van der Waals surface area contributed by atoms with Crippen LogP contribution in [0.15, 0.2) is 53.0 Å². The number of nitrogens with one attached hydrogen (secondary N) is 1. The van der Waals surface area contributed by atoms with Crippen molar-refractivity contribution in [3.05, 3.63) is 74.2 Å². The van der Waals surface area contributed by atoms with Gasteiger partial charge in [-0.05, 0) is 64.8 Å². The molecule has 3 aromatic carbocycles. The maximum absolute atomic E-state index is 6.26. The molecule has 8 heteroatoms. The van der Waals surface area contributed by atoms with Gasteiger partial charge in [-0.2, -0.15) is 0 Å². The van der Waals surface area contributed by atoms with Crippen LogP contribution in [0.25, 0.3) is 0 Å². The van der Waals surface area contributed by atoms with Gasteiger partial charge in [-0.1, -0.05) is 29.3 Å². The minimum absolute atomic E-state index is 0.256. The van der Waals surface area contributed by atoms with E-state index in [0.717, 1.165) is 32.8 Å². The Morgan fingerprint density at radius 2 is 1.84 bits per heavy atom. The largest absolute Gasteiger partial charge is 0.490 e. The van der Waals surface area contributed by atoms with Crippen molar-refractivity contribution >= 4 is 44.8 Å². The quantitative estimate of drug-likeness (QED) is 0.341. The van der Waals surface area contributed by atoms with Gasteiger partial charge in [-0.25, -0.2) is 0 Å². The average molecular weight is 525 g/mol. The number of benzene rings is 3. The molecule has 0 radical (unpaired) electrons. The lowest BCUT2D eigenvalue weighted by molar-refractivity contribution is 0.174. The Kier molecular flexibility index (Phi) is 7.00. The van der Waals surface area contributed by atoms with E-state index in [1.807, 2.05) is 43.3 Å². The summed E-state index contributed by atoms with van der Waals surface area (Å²) < 4.78 is 23.5. The van der Waals surface area contributed by atoms with Crippen LogP contribution < -0.4 is 24.3 Å². The van der Waals surface area contributed by atoms with Crippen LogP contribution in [-0.2, 0) is 13.2 Å². The lowest BCUT2D eigenvalue weighted by Gasteiger charge is -2.16. The fourth-order valence-corrected chi connectivity index (χ4v) is 4.19. The van der Waals surface area contributed by atoms with Crippen LogP contribution in [0.5, 0.6) is 23.0 Å². The number of hydrogen-bond acceptors (Lipinski definition) is 5. The van der Waals surface area contributed by atoms with Crippen LogP contribution in [-0.4, -0.2) is 13.4 Å². The first-order chi connectivity index (χ1) is 15.0. The van der Waals surface area contributed by atoms with Crippen molar-refractivity contribution in [1.29, 1.82) is 0 Å². The van der Waals surface area contributed by atoms with Crippen molar-refractivity contribution in [3.63, 3.8) is 0 Å². The Morgan fingerprint density at radius 3 is 2.65 bits per heavy atom. The maximum Gasteiger partial charge on any atom is 0.231 e. The Morgan fingerprint density at radius 1 is 1.00 bits per heavy atom. The van der Waals surface area contributed by atoms with Gasteiger partial charge in [-0.3, -0.25) is 0 Å². The highest BCUT2D eigenvalue weighted by molar-refractivity contribution is 9.10. The van der Waals surface area contributed by atoms with Gasteiger partial charge in [0, 0.05) is 33.9 Å². The van der Waals surface area contributed by atoms with E-state index in [4.69, 9.17) is 42.1 Å². The lowest BCUT2D eigenvalue weighted by Crippen LogP contribution is -2.04. The number of halogens is 3. The molecule has 0 amide bonds. The smallest absolute Gasteiger partial charge is 0.231 e. The van der Waals surface area contributed by atoms with Gasteiger partial charge >= 0.3 is 0 Å². The van der Waals surface area contributed by atoms with E-state index in [1.54, 1.807) is 12.1 Å². The molecule has 0 atom stereocenters. The number of rotatable bonds is 8. The van der Waals surface area contributed by atoms with Crippen molar-refractivity contribution in [2.75, 3.05) is 18.7 Å². The normalized spacial score (nSPS) is 12.0. The van der Waals surface area contributed by atoms with E-state index < -0.39 is 0 Å². The van der Waals surface area contributed by atoms with Crippen molar-refractivity contribution < 1.29 is 18.9 Å².